The molecule has 1 aliphatic carbocycles. The zero-order valence-corrected chi connectivity index (χ0v) is 11.6. The maximum absolute atomic E-state index is 12.2. The molecule has 1 aliphatic heterocycles. The molecule has 0 aromatic heterocycles. The third-order valence-electron chi connectivity index (χ3n) is 4.22. The Morgan fingerprint density at radius 1 is 1.53 bits per heavy atom. The van der Waals surface area contributed by atoms with Crippen LogP contribution in [0.1, 0.15) is 32.6 Å². The molecule has 19 heavy (non-hydrogen) atoms. The lowest BCUT2D eigenvalue weighted by Crippen LogP contribution is -2.44. The highest BCUT2D eigenvalue weighted by molar-refractivity contribution is 5.81. The molecule has 0 aromatic rings. The molecule has 2 unspecified atom stereocenters. The Hall–Kier alpha value is -1.36. The molecule has 1 N–H and O–H groups in total. The number of amides is 1. The van der Waals surface area contributed by atoms with Gasteiger partial charge in [-0.05, 0) is 38.1 Å². The van der Waals surface area contributed by atoms with Crippen molar-refractivity contribution < 1.29 is 14.7 Å². The Labute approximate surface area is 113 Å². The van der Waals surface area contributed by atoms with Crippen molar-refractivity contribution in [3.63, 3.8) is 0 Å². The van der Waals surface area contributed by atoms with Gasteiger partial charge in [0.05, 0.1) is 6.54 Å². The molecule has 0 aromatic carbocycles. The maximum Gasteiger partial charge on any atom is 0.321 e. The lowest BCUT2D eigenvalue weighted by Gasteiger charge is -2.26. The number of rotatable bonds is 4. The molecule has 0 saturated carbocycles. The molecule has 2 rings (SSSR count). The number of carboxylic acid groups (broad SMARTS) is 1. The van der Waals surface area contributed by atoms with Crippen LogP contribution in [-0.2, 0) is 9.59 Å². The van der Waals surface area contributed by atoms with Crippen LogP contribution in [0.5, 0.6) is 0 Å². The lowest BCUT2D eigenvalue weighted by molar-refractivity contribution is -0.144. The molecular formula is C14H22N2O3. The standard InChI is InChI=1S/C14H22N2O3/c1-10-7-8-16(13(10)14(18)19)9-12(17)15(2)11-5-3-4-6-11/h5,10,13H,3-4,6-9H2,1-2H3,(H,18,19). The predicted octanol–water partition coefficient (Wildman–Crippen LogP) is 1.31. The van der Waals surface area contributed by atoms with Crippen molar-refractivity contribution in [2.75, 3.05) is 20.1 Å². The van der Waals surface area contributed by atoms with Gasteiger partial charge in [-0.3, -0.25) is 14.5 Å². The van der Waals surface area contributed by atoms with Crippen molar-refractivity contribution in [3.8, 4) is 0 Å². The van der Waals surface area contributed by atoms with E-state index in [1.54, 1.807) is 16.8 Å². The van der Waals surface area contributed by atoms with Crippen LogP contribution >= 0.6 is 0 Å². The Morgan fingerprint density at radius 2 is 2.26 bits per heavy atom. The second-order valence-corrected chi connectivity index (χ2v) is 5.56. The molecule has 1 heterocycles. The number of aliphatic carboxylic acids is 1. The van der Waals surface area contributed by atoms with Gasteiger partial charge in [0.2, 0.25) is 5.91 Å². The van der Waals surface area contributed by atoms with Gasteiger partial charge in [0.25, 0.3) is 0 Å². The van der Waals surface area contributed by atoms with Gasteiger partial charge in [-0.1, -0.05) is 13.0 Å². The van der Waals surface area contributed by atoms with E-state index < -0.39 is 12.0 Å². The highest BCUT2D eigenvalue weighted by Crippen LogP contribution is 2.25. The molecule has 0 spiro atoms. The summed E-state index contributed by atoms with van der Waals surface area (Å²) in [6.45, 7) is 2.83. The fourth-order valence-electron chi connectivity index (χ4n) is 3.00. The van der Waals surface area contributed by atoms with Crippen molar-refractivity contribution in [2.24, 2.45) is 5.92 Å². The summed E-state index contributed by atoms with van der Waals surface area (Å²) in [6.07, 6.45) is 6.02. The average molecular weight is 266 g/mol. The fourth-order valence-corrected chi connectivity index (χ4v) is 3.00. The molecule has 1 saturated heterocycles. The predicted molar refractivity (Wildman–Crippen MR) is 71.5 cm³/mol. The first-order valence-corrected chi connectivity index (χ1v) is 6.93. The van der Waals surface area contributed by atoms with E-state index in [9.17, 15) is 14.7 Å². The highest BCUT2D eigenvalue weighted by atomic mass is 16.4. The van der Waals surface area contributed by atoms with Crippen LogP contribution in [0.25, 0.3) is 0 Å². The number of likely N-dealkylation sites (N-methyl/N-ethyl adjacent to an activating group) is 1. The highest BCUT2D eigenvalue weighted by Gasteiger charge is 2.38. The Kier molecular flexibility index (Phi) is 4.24. The third kappa shape index (κ3) is 2.97. The van der Waals surface area contributed by atoms with Gasteiger partial charge in [-0.2, -0.15) is 0 Å². The third-order valence-corrected chi connectivity index (χ3v) is 4.22. The lowest BCUT2D eigenvalue weighted by atomic mass is 10.0. The number of likely N-dealkylation sites (tertiary alicyclic amines) is 1. The molecular weight excluding hydrogens is 244 g/mol. The minimum absolute atomic E-state index is 0.00602. The smallest absolute Gasteiger partial charge is 0.321 e. The first-order chi connectivity index (χ1) is 9.00. The zero-order valence-electron chi connectivity index (χ0n) is 11.6. The van der Waals surface area contributed by atoms with E-state index >= 15 is 0 Å². The summed E-state index contributed by atoms with van der Waals surface area (Å²) in [7, 11) is 1.79. The van der Waals surface area contributed by atoms with E-state index in [2.05, 4.69) is 6.08 Å². The fraction of sp³-hybridized carbons (Fsp3) is 0.714. The normalized spacial score (nSPS) is 27.4. The van der Waals surface area contributed by atoms with Crippen LogP contribution in [0.3, 0.4) is 0 Å². The van der Waals surface area contributed by atoms with Crippen molar-refractivity contribution >= 4 is 11.9 Å². The Morgan fingerprint density at radius 3 is 2.84 bits per heavy atom. The summed E-state index contributed by atoms with van der Waals surface area (Å²) in [6, 6.07) is -0.519. The summed E-state index contributed by atoms with van der Waals surface area (Å²) in [5.74, 6) is -0.713. The molecule has 106 valence electrons. The van der Waals surface area contributed by atoms with Crippen LogP contribution in [0.4, 0.5) is 0 Å². The number of hydrogen-bond acceptors (Lipinski definition) is 3. The minimum atomic E-state index is -0.819. The summed E-state index contributed by atoms with van der Waals surface area (Å²) < 4.78 is 0. The Balaban J connectivity index is 1.96. The van der Waals surface area contributed by atoms with Crippen LogP contribution in [0.15, 0.2) is 11.8 Å². The molecule has 0 bridgehead atoms. The summed E-state index contributed by atoms with van der Waals surface area (Å²) in [4.78, 5) is 26.9. The van der Waals surface area contributed by atoms with Gasteiger partial charge in [-0.25, -0.2) is 0 Å². The van der Waals surface area contributed by atoms with E-state index in [-0.39, 0.29) is 18.4 Å². The molecule has 0 radical (unpaired) electrons. The van der Waals surface area contributed by atoms with Gasteiger partial charge in [0.15, 0.2) is 0 Å². The van der Waals surface area contributed by atoms with Crippen molar-refractivity contribution in [1.29, 1.82) is 0 Å². The first-order valence-electron chi connectivity index (χ1n) is 6.93. The van der Waals surface area contributed by atoms with E-state index in [4.69, 9.17) is 0 Å². The number of carbonyl (C=O) groups is 2. The van der Waals surface area contributed by atoms with Crippen LogP contribution in [0, 0.1) is 5.92 Å². The van der Waals surface area contributed by atoms with E-state index in [1.165, 1.54) is 0 Å². The monoisotopic (exact) mass is 266 g/mol. The first kappa shape index (κ1) is 14.1. The van der Waals surface area contributed by atoms with Gasteiger partial charge >= 0.3 is 5.97 Å². The van der Waals surface area contributed by atoms with Gasteiger partial charge in [0, 0.05) is 12.7 Å². The van der Waals surface area contributed by atoms with Gasteiger partial charge < -0.3 is 10.0 Å². The molecule has 2 aliphatic rings. The quantitative estimate of drug-likeness (QED) is 0.833. The molecule has 5 heteroatoms. The van der Waals surface area contributed by atoms with E-state index in [0.717, 1.165) is 31.4 Å². The second-order valence-electron chi connectivity index (χ2n) is 5.56. The van der Waals surface area contributed by atoms with E-state index in [0.29, 0.717) is 6.54 Å². The number of nitrogens with zero attached hydrogens (tertiary/aromatic N) is 2. The number of allylic oxidation sites excluding steroid dienone is 2. The largest absolute Gasteiger partial charge is 0.480 e. The van der Waals surface area contributed by atoms with Crippen molar-refractivity contribution in [1.82, 2.24) is 9.80 Å². The molecule has 2 atom stereocenters. The summed E-state index contributed by atoms with van der Waals surface area (Å²) >= 11 is 0. The SMILES string of the molecule is CC1CCN(CC(=O)N(C)C2=CCCC2)C1C(=O)O. The topological polar surface area (TPSA) is 60.9 Å². The van der Waals surface area contributed by atoms with Crippen LogP contribution in [0.2, 0.25) is 0 Å². The maximum atomic E-state index is 12.2. The second kappa shape index (κ2) is 5.74. The Bertz CT molecular complexity index is 405. The van der Waals surface area contributed by atoms with E-state index in [1.807, 2.05) is 6.92 Å². The summed E-state index contributed by atoms with van der Waals surface area (Å²) in [5, 5.41) is 9.24. The zero-order chi connectivity index (χ0) is 14.0. The molecule has 1 fully saturated rings. The van der Waals surface area contributed by atoms with Crippen molar-refractivity contribution in [3.05, 3.63) is 11.8 Å². The minimum Gasteiger partial charge on any atom is -0.480 e. The summed E-state index contributed by atoms with van der Waals surface area (Å²) in [5.41, 5.74) is 1.07. The number of carboxylic acids is 1. The van der Waals surface area contributed by atoms with Gasteiger partial charge in [-0.15, -0.1) is 0 Å². The number of hydrogen-bond donors (Lipinski definition) is 1. The molecule has 1 amide bonds. The van der Waals surface area contributed by atoms with Gasteiger partial charge in [0.1, 0.15) is 6.04 Å². The van der Waals surface area contributed by atoms with Crippen molar-refractivity contribution in [2.45, 2.75) is 38.6 Å². The van der Waals surface area contributed by atoms with Crippen LogP contribution in [-0.4, -0.2) is 53.0 Å². The average Bonchev–Trinajstić information content (AvgIpc) is 2.97. The van der Waals surface area contributed by atoms with Crippen LogP contribution < -0.4 is 0 Å². The number of carbonyl (C=O) groups excluding carboxylic acids is 1. The molecule has 5 nitrogen and oxygen atoms in total.